The predicted molar refractivity (Wildman–Crippen MR) is 42.4 cm³/mol. The molecule has 1 heterocycles. The molecule has 1 N–H and O–H groups in total. The first-order chi connectivity index (χ1) is 5.38. The molecule has 3 nitrogen and oxygen atoms in total. The van der Waals surface area contributed by atoms with E-state index in [0.29, 0.717) is 6.54 Å². The van der Waals surface area contributed by atoms with Crippen molar-refractivity contribution in [2.45, 2.75) is 25.3 Å². The zero-order valence-electron chi connectivity index (χ0n) is 6.70. The molecule has 1 fully saturated rings. The molecule has 0 spiro atoms. The summed E-state index contributed by atoms with van der Waals surface area (Å²) in [6, 6.07) is 0.231. The normalized spacial score (nSPS) is 26.8. The zero-order chi connectivity index (χ0) is 8.10. The second kappa shape index (κ2) is 4.46. The van der Waals surface area contributed by atoms with E-state index in [9.17, 15) is 4.79 Å². The first-order valence-electron chi connectivity index (χ1n) is 4.17. The molecule has 3 heteroatoms. The average Bonchev–Trinajstić information content (AvgIpc) is 2.06. The van der Waals surface area contributed by atoms with Gasteiger partial charge in [-0.3, -0.25) is 4.90 Å². The molecule has 0 aromatic rings. The Morgan fingerprint density at radius 3 is 3.00 bits per heavy atom. The van der Waals surface area contributed by atoms with Crippen LogP contribution in [-0.2, 0) is 4.79 Å². The van der Waals surface area contributed by atoms with Crippen molar-refractivity contribution >= 4 is 6.29 Å². The van der Waals surface area contributed by atoms with Gasteiger partial charge in [-0.05, 0) is 19.4 Å². The van der Waals surface area contributed by atoms with Crippen LogP contribution in [0.2, 0.25) is 0 Å². The summed E-state index contributed by atoms with van der Waals surface area (Å²) >= 11 is 0. The number of likely N-dealkylation sites (tertiary alicyclic amines) is 1. The largest absolute Gasteiger partial charge is 0.395 e. The molecule has 1 unspecified atom stereocenters. The molecular weight excluding hydrogens is 142 g/mol. The van der Waals surface area contributed by atoms with Crippen LogP contribution >= 0.6 is 0 Å². The fourth-order valence-electron chi connectivity index (χ4n) is 1.60. The van der Waals surface area contributed by atoms with E-state index < -0.39 is 0 Å². The third kappa shape index (κ3) is 2.27. The maximum absolute atomic E-state index is 10.2. The molecule has 1 aliphatic rings. The number of aldehydes is 1. The number of carbonyl (C=O) groups excluding carboxylic acids is 1. The van der Waals surface area contributed by atoms with Crippen molar-refractivity contribution in [2.75, 3.05) is 19.7 Å². The van der Waals surface area contributed by atoms with E-state index in [1.165, 1.54) is 6.42 Å². The van der Waals surface area contributed by atoms with Crippen molar-refractivity contribution in [3.63, 3.8) is 0 Å². The molecule has 0 aliphatic carbocycles. The molecule has 0 radical (unpaired) electrons. The fourth-order valence-corrected chi connectivity index (χ4v) is 1.60. The Kier molecular flexibility index (Phi) is 3.52. The summed E-state index contributed by atoms with van der Waals surface area (Å²) in [4.78, 5) is 12.3. The highest BCUT2D eigenvalue weighted by atomic mass is 16.3. The van der Waals surface area contributed by atoms with Gasteiger partial charge >= 0.3 is 0 Å². The number of piperidine rings is 1. The van der Waals surface area contributed by atoms with Crippen LogP contribution in [0, 0.1) is 0 Å². The minimum absolute atomic E-state index is 0.188. The number of nitrogens with zero attached hydrogens (tertiary/aromatic N) is 1. The predicted octanol–water partition coefficient (Wildman–Crippen LogP) is 0.0321. The lowest BCUT2D eigenvalue weighted by atomic mass is 10.0. The zero-order valence-corrected chi connectivity index (χ0v) is 6.70. The summed E-state index contributed by atoms with van der Waals surface area (Å²) in [5.41, 5.74) is 0. The van der Waals surface area contributed by atoms with Crippen LogP contribution in [-0.4, -0.2) is 42.0 Å². The summed E-state index contributed by atoms with van der Waals surface area (Å²) in [6.45, 7) is 1.63. The van der Waals surface area contributed by atoms with Gasteiger partial charge in [-0.2, -0.15) is 0 Å². The lowest BCUT2D eigenvalue weighted by molar-refractivity contribution is -0.109. The van der Waals surface area contributed by atoms with Crippen LogP contribution in [0.1, 0.15) is 19.3 Å². The lowest BCUT2D eigenvalue weighted by Gasteiger charge is -2.32. The summed E-state index contributed by atoms with van der Waals surface area (Å²) in [5, 5.41) is 8.93. The summed E-state index contributed by atoms with van der Waals surface area (Å²) < 4.78 is 0. The number of carbonyl (C=O) groups is 1. The molecule has 0 bridgehead atoms. The van der Waals surface area contributed by atoms with Gasteiger partial charge < -0.3 is 9.90 Å². The molecule has 0 amide bonds. The second-order valence-electron chi connectivity index (χ2n) is 2.99. The summed E-state index contributed by atoms with van der Waals surface area (Å²) in [5.74, 6) is 0. The number of aliphatic hydroxyl groups excluding tert-OH is 1. The minimum Gasteiger partial charge on any atom is -0.395 e. The Morgan fingerprint density at radius 1 is 1.55 bits per heavy atom. The van der Waals surface area contributed by atoms with E-state index in [-0.39, 0.29) is 12.6 Å². The van der Waals surface area contributed by atoms with Crippen molar-refractivity contribution in [2.24, 2.45) is 0 Å². The quantitative estimate of drug-likeness (QED) is 0.588. The van der Waals surface area contributed by atoms with Gasteiger partial charge in [0.1, 0.15) is 6.29 Å². The van der Waals surface area contributed by atoms with Crippen molar-refractivity contribution in [3.05, 3.63) is 0 Å². The smallest absolute Gasteiger partial charge is 0.133 e. The molecule has 11 heavy (non-hydrogen) atoms. The Hall–Kier alpha value is -0.410. The fraction of sp³-hybridized carbons (Fsp3) is 0.875. The van der Waals surface area contributed by atoms with Crippen LogP contribution in [0.3, 0.4) is 0 Å². The number of hydrogen-bond donors (Lipinski definition) is 1. The van der Waals surface area contributed by atoms with E-state index in [0.717, 1.165) is 25.7 Å². The Morgan fingerprint density at radius 2 is 2.36 bits per heavy atom. The molecule has 0 aromatic carbocycles. The maximum Gasteiger partial charge on any atom is 0.133 e. The highest BCUT2D eigenvalue weighted by Crippen LogP contribution is 2.15. The maximum atomic E-state index is 10.2. The third-order valence-electron chi connectivity index (χ3n) is 2.27. The van der Waals surface area contributed by atoms with Gasteiger partial charge in [-0.25, -0.2) is 0 Å². The lowest BCUT2D eigenvalue weighted by Crippen LogP contribution is -2.42. The van der Waals surface area contributed by atoms with Gasteiger partial charge in [0.25, 0.3) is 0 Å². The molecule has 0 saturated carbocycles. The van der Waals surface area contributed by atoms with Crippen molar-refractivity contribution in [1.29, 1.82) is 0 Å². The Balaban J connectivity index is 2.37. The SMILES string of the molecule is O=CCN1CCCCC1CO. The van der Waals surface area contributed by atoms with Gasteiger partial charge in [0.05, 0.1) is 13.2 Å². The van der Waals surface area contributed by atoms with Crippen LogP contribution in [0.5, 0.6) is 0 Å². The van der Waals surface area contributed by atoms with Gasteiger partial charge in [0, 0.05) is 6.04 Å². The van der Waals surface area contributed by atoms with E-state index >= 15 is 0 Å². The highest BCUT2D eigenvalue weighted by molar-refractivity contribution is 5.52. The standard InChI is InChI=1S/C8H15NO2/c10-6-5-9-4-2-1-3-8(9)7-11/h6,8,11H,1-5,7H2. The van der Waals surface area contributed by atoms with Gasteiger partial charge in [-0.1, -0.05) is 6.42 Å². The molecule has 1 aliphatic heterocycles. The van der Waals surface area contributed by atoms with Gasteiger partial charge in [0.2, 0.25) is 0 Å². The van der Waals surface area contributed by atoms with E-state index in [1.54, 1.807) is 0 Å². The van der Waals surface area contributed by atoms with Crippen LogP contribution < -0.4 is 0 Å². The molecule has 64 valence electrons. The van der Waals surface area contributed by atoms with Crippen LogP contribution in [0.15, 0.2) is 0 Å². The number of rotatable bonds is 3. The van der Waals surface area contributed by atoms with Crippen molar-refractivity contribution in [3.8, 4) is 0 Å². The average molecular weight is 157 g/mol. The minimum atomic E-state index is 0.188. The van der Waals surface area contributed by atoms with Crippen molar-refractivity contribution < 1.29 is 9.90 Å². The highest BCUT2D eigenvalue weighted by Gasteiger charge is 2.20. The van der Waals surface area contributed by atoms with E-state index in [1.807, 2.05) is 0 Å². The molecular formula is C8H15NO2. The second-order valence-corrected chi connectivity index (χ2v) is 2.99. The van der Waals surface area contributed by atoms with E-state index in [4.69, 9.17) is 5.11 Å². The molecule has 0 aromatic heterocycles. The molecule has 1 saturated heterocycles. The number of hydrogen-bond acceptors (Lipinski definition) is 3. The summed E-state index contributed by atoms with van der Waals surface area (Å²) in [7, 11) is 0. The van der Waals surface area contributed by atoms with Gasteiger partial charge in [-0.15, -0.1) is 0 Å². The summed E-state index contributed by atoms with van der Waals surface area (Å²) in [6.07, 6.45) is 4.28. The molecule has 1 rings (SSSR count). The third-order valence-corrected chi connectivity index (χ3v) is 2.27. The van der Waals surface area contributed by atoms with Crippen molar-refractivity contribution in [1.82, 2.24) is 4.90 Å². The topological polar surface area (TPSA) is 40.5 Å². The Bertz CT molecular complexity index is 127. The monoisotopic (exact) mass is 157 g/mol. The number of aliphatic hydroxyl groups is 1. The van der Waals surface area contributed by atoms with Crippen LogP contribution in [0.4, 0.5) is 0 Å². The first-order valence-corrected chi connectivity index (χ1v) is 4.17. The van der Waals surface area contributed by atoms with Crippen LogP contribution in [0.25, 0.3) is 0 Å². The Labute approximate surface area is 67.0 Å². The molecule has 1 atom stereocenters. The first kappa shape index (κ1) is 8.68. The van der Waals surface area contributed by atoms with Gasteiger partial charge in [0.15, 0.2) is 0 Å². The van der Waals surface area contributed by atoms with E-state index in [2.05, 4.69) is 4.90 Å².